The molecule has 1 fully saturated rings. The first-order chi connectivity index (χ1) is 16.9. The zero-order valence-electron chi connectivity index (χ0n) is 19.3. The minimum atomic E-state index is -0.214. The second-order valence-electron chi connectivity index (χ2n) is 8.60. The van der Waals surface area contributed by atoms with E-state index in [4.69, 9.17) is 16.6 Å². The zero-order chi connectivity index (χ0) is 24.5. The highest BCUT2D eigenvalue weighted by Crippen LogP contribution is 2.33. The summed E-state index contributed by atoms with van der Waals surface area (Å²) in [6.07, 6.45) is 5.41. The first-order valence-corrected chi connectivity index (χ1v) is 11.7. The van der Waals surface area contributed by atoms with E-state index in [-0.39, 0.29) is 18.0 Å². The molecule has 1 aromatic carbocycles. The number of carbonyl (C=O) groups excluding carboxylic acids is 2. The van der Waals surface area contributed by atoms with Crippen LogP contribution in [0, 0.1) is 0 Å². The molecule has 3 amide bonds. The molecule has 0 unspecified atom stereocenters. The number of nitrogens with one attached hydrogen (secondary N) is 1. The molecule has 2 aromatic heterocycles. The Bertz CT molecular complexity index is 1280. The number of amides is 3. The Morgan fingerprint density at radius 2 is 2.11 bits per heavy atom. The van der Waals surface area contributed by atoms with Crippen molar-refractivity contribution in [1.82, 2.24) is 29.5 Å². The van der Waals surface area contributed by atoms with Gasteiger partial charge < -0.3 is 15.1 Å². The number of halogens is 1. The number of rotatable bonds is 6. The highest BCUT2D eigenvalue weighted by molar-refractivity contribution is 6.32. The van der Waals surface area contributed by atoms with Gasteiger partial charge in [0.2, 0.25) is 11.9 Å². The maximum Gasteiger partial charge on any atom is 0.326 e. The fraction of sp³-hybridized carbons (Fsp3) is 0.292. The van der Waals surface area contributed by atoms with Gasteiger partial charge in [-0.05, 0) is 18.1 Å². The number of benzene rings is 1. The Kier molecular flexibility index (Phi) is 6.12. The highest BCUT2D eigenvalue weighted by atomic mass is 35.5. The number of hydrogen-bond donors (Lipinski definition) is 1. The molecule has 10 nitrogen and oxygen atoms in total. The molecule has 4 heterocycles. The molecule has 0 saturated carbocycles. The second-order valence-corrected chi connectivity index (χ2v) is 8.96. The van der Waals surface area contributed by atoms with E-state index in [2.05, 4.69) is 22.0 Å². The molecular formula is C24H25ClN8O2. The molecule has 0 aliphatic carbocycles. The van der Waals surface area contributed by atoms with E-state index in [1.54, 1.807) is 38.8 Å². The Morgan fingerprint density at radius 1 is 1.31 bits per heavy atom. The summed E-state index contributed by atoms with van der Waals surface area (Å²) < 4.78 is 1.59. The standard InChI is InChI=1S/C24H25ClN8O2/c1-3-20(34)31-10-9-18(14-31)33-22-17(13-32(24(33)35)12-16-7-5-4-6-8-16)11-26-23(28-22)27-19-15-30(2)29-21(19)25/h3-8,11,15,18H,1,9-10,12-14H2,2H3,(H,26,27,28)/t18-/m1/s1. The van der Waals surface area contributed by atoms with Crippen molar-refractivity contribution in [2.75, 3.05) is 23.3 Å². The Balaban J connectivity index is 1.48. The molecule has 35 heavy (non-hydrogen) atoms. The largest absolute Gasteiger partial charge is 0.337 e. The summed E-state index contributed by atoms with van der Waals surface area (Å²) in [6, 6.07) is 9.48. The van der Waals surface area contributed by atoms with Crippen LogP contribution in [0.2, 0.25) is 5.15 Å². The van der Waals surface area contributed by atoms with E-state index in [0.717, 1.165) is 11.1 Å². The highest BCUT2D eigenvalue weighted by Gasteiger charge is 2.40. The fourth-order valence-electron chi connectivity index (χ4n) is 4.50. The lowest BCUT2D eigenvalue weighted by molar-refractivity contribution is -0.125. The van der Waals surface area contributed by atoms with Gasteiger partial charge >= 0.3 is 6.03 Å². The molecule has 0 bridgehead atoms. The molecule has 0 spiro atoms. The Morgan fingerprint density at radius 3 is 2.83 bits per heavy atom. The van der Waals surface area contributed by atoms with E-state index in [1.165, 1.54) is 6.08 Å². The predicted molar refractivity (Wildman–Crippen MR) is 132 cm³/mol. The van der Waals surface area contributed by atoms with Gasteiger partial charge in [-0.2, -0.15) is 10.1 Å². The third-order valence-corrected chi connectivity index (χ3v) is 6.45. The number of anilines is 3. The average molecular weight is 493 g/mol. The Hall–Kier alpha value is -3.92. The van der Waals surface area contributed by atoms with E-state index in [9.17, 15) is 9.59 Å². The van der Waals surface area contributed by atoms with Crippen molar-refractivity contribution in [2.24, 2.45) is 7.05 Å². The predicted octanol–water partition coefficient (Wildman–Crippen LogP) is 3.34. The molecule has 0 radical (unpaired) electrons. The number of hydrogen-bond acceptors (Lipinski definition) is 6. The SMILES string of the molecule is C=CC(=O)N1CC[C@@H](N2C(=O)N(Cc3ccccc3)Cc3cnc(Nc4cn(C)nc4Cl)nc32)C1. The first kappa shape index (κ1) is 22.9. The summed E-state index contributed by atoms with van der Waals surface area (Å²) in [7, 11) is 1.77. The van der Waals surface area contributed by atoms with Crippen molar-refractivity contribution in [2.45, 2.75) is 25.6 Å². The number of likely N-dealkylation sites (tertiary alicyclic amines) is 1. The van der Waals surface area contributed by atoms with Crippen LogP contribution < -0.4 is 10.2 Å². The third-order valence-electron chi connectivity index (χ3n) is 6.17. The third kappa shape index (κ3) is 4.57. The summed E-state index contributed by atoms with van der Waals surface area (Å²) >= 11 is 6.18. The van der Waals surface area contributed by atoms with E-state index in [1.807, 2.05) is 30.3 Å². The van der Waals surface area contributed by atoms with E-state index < -0.39 is 0 Å². The molecule has 1 atom stereocenters. The average Bonchev–Trinajstić information content (AvgIpc) is 3.46. The lowest BCUT2D eigenvalue weighted by Crippen LogP contribution is -2.52. The van der Waals surface area contributed by atoms with Gasteiger partial charge in [0, 0.05) is 44.6 Å². The van der Waals surface area contributed by atoms with Crippen LogP contribution in [0.3, 0.4) is 0 Å². The van der Waals surface area contributed by atoms with Crippen LogP contribution in [0.15, 0.2) is 55.4 Å². The van der Waals surface area contributed by atoms with Crippen LogP contribution in [0.1, 0.15) is 17.5 Å². The maximum atomic E-state index is 13.8. The first-order valence-electron chi connectivity index (χ1n) is 11.3. The number of aryl methyl sites for hydroxylation is 1. The summed E-state index contributed by atoms with van der Waals surface area (Å²) in [5, 5.41) is 7.50. The second kappa shape index (κ2) is 9.38. The molecule has 2 aliphatic heterocycles. The molecule has 2 aliphatic rings. The van der Waals surface area contributed by atoms with Gasteiger partial charge in [-0.15, -0.1) is 0 Å². The lowest BCUT2D eigenvalue weighted by atomic mass is 10.1. The van der Waals surface area contributed by atoms with Gasteiger partial charge in [0.05, 0.1) is 18.3 Å². The van der Waals surface area contributed by atoms with Crippen molar-refractivity contribution in [3.8, 4) is 0 Å². The van der Waals surface area contributed by atoms with Gasteiger partial charge in [0.15, 0.2) is 5.15 Å². The number of urea groups is 1. The van der Waals surface area contributed by atoms with Gasteiger partial charge in [-0.25, -0.2) is 9.78 Å². The van der Waals surface area contributed by atoms with Crippen LogP contribution in [0.5, 0.6) is 0 Å². The lowest BCUT2D eigenvalue weighted by Gasteiger charge is -2.39. The zero-order valence-corrected chi connectivity index (χ0v) is 20.0. The van der Waals surface area contributed by atoms with Crippen LogP contribution >= 0.6 is 11.6 Å². The summed E-state index contributed by atoms with van der Waals surface area (Å²) in [5.74, 6) is 0.703. The molecule has 1 saturated heterocycles. The molecule has 180 valence electrons. The Labute approximate surface area is 207 Å². The number of carbonyl (C=O) groups is 2. The monoisotopic (exact) mass is 492 g/mol. The molecule has 1 N–H and O–H groups in total. The minimum absolute atomic E-state index is 0.144. The van der Waals surface area contributed by atoms with Crippen molar-refractivity contribution in [3.05, 3.63) is 71.7 Å². The van der Waals surface area contributed by atoms with Crippen LogP contribution in [-0.4, -0.2) is 60.6 Å². The minimum Gasteiger partial charge on any atom is -0.337 e. The van der Waals surface area contributed by atoms with Crippen molar-refractivity contribution < 1.29 is 9.59 Å². The summed E-state index contributed by atoms with van der Waals surface area (Å²) in [5.41, 5.74) is 2.43. The fourth-order valence-corrected chi connectivity index (χ4v) is 4.71. The van der Waals surface area contributed by atoms with Gasteiger partial charge in [0.1, 0.15) is 5.82 Å². The van der Waals surface area contributed by atoms with E-state index >= 15 is 0 Å². The normalized spacial score (nSPS) is 17.5. The van der Waals surface area contributed by atoms with Gasteiger partial charge in [-0.1, -0.05) is 48.5 Å². The van der Waals surface area contributed by atoms with Gasteiger partial charge in [-0.3, -0.25) is 14.4 Å². The maximum absolute atomic E-state index is 13.8. The van der Waals surface area contributed by atoms with Crippen molar-refractivity contribution in [1.29, 1.82) is 0 Å². The van der Waals surface area contributed by atoms with Crippen LogP contribution in [0.4, 0.5) is 22.2 Å². The summed E-state index contributed by atoms with van der Waals surface area (Å²) in [4.78, 5) is 40.3. The molecule has 5 rings (SSSR count). The molecular weight excluding hydrogens is 468 g/mol. The topological polar surface area (TPSA) is 99.5 Å². The van der Waals surface area contributed by atoms with Crippen LogP contribution in [0.25, 0.3) is 0 Å². The molecule has 3 aromatic rings. The van der Waals surface area contributed by atoms with Crippen LogP contribution in [-0.2, 0) is 24.9 Å². The number of aromatic nitrogens is 4. The molecule has 11 heteroatoms. The van der Waals surface area contributed by atoms with E-state index in [0.29, 0.717) is 55.2 Å². The smallest absolute Gasteiger partial charge is 0.326 e. The summed E-state index contributed by atoms with van der Waals surface area (Å²) in [6.45, 7) is 5.40. The number of fused-ring (bicyclic) bond motifs is 1. The quantitative estimate of drug-likeness (QED) is 0.530. The number of nitrogens with zero attached hydrogens (tertiary/aromatic N) is 7. The van der Waals surface area contributed by atoms with Crippen molar-refractivity contribution >= 4 is 41.0 Å². The van der Waals surface area contributed by atoms with Gasteiger partial charge in [0.25, 0.3) is 0 Å². The van der Waals surface area contributed by atoms with Crippen molar-refractivity contribution in [3.63, 3.8) is 0 Å².